The number of nitrogens with one attached hydrogen (secondary N) is 2. The van der Waals surface area contributed by atoms with Crippen molar-refractivity contribution >= 4 is 21.6 Å². The third kappa shape index (κ3) is 5.46. The van der Waals surface area contributed by atoms with E-state index >= 15 is 0 Å². The minimum absolute atomic E-state index is 0.00320. The molecule has 5 nitrogen and oxygen atoms in total. The van der Waals surface area contributed by atoms with E-state index < -0.39 is 39.4 Å². The van der Waals surface area contributed by atoms with Gasteiger partial charge in [-0.15, -0.1) is 0 Å². The maximum absolute atomic E-state index is 13.4. The van der Waals surface area contributed by atoms with Crippen molar-refractivity contribution in [2.45, 2.75) is 17.4 Å². The van der Waals surface area contributed by atoms with Crippen LogP contribution in [0.1, 0.15) is 5.56 Å². The molecule has 0 spiro atoms. The first-order valence-corrected chi connectivity index (χ1v) is 10.3. The molecule has 0 fully saturated rings. The number of amides is 1. The van der Waals surface area contributed by atoms with Crippen molar-refractivity contribution < 1.29 is 26.4 Å². The van der Waals surface area contributed by atoms with Crippen LogP contribution < -0.4 is 10.0 Å². The number of anilines is 1. The Kier molecular flexibility index (Phi) is 6.53. The van der Waals surface area contributed by atoms with Crippen LogP contribution in [-0.2, 0) is 21.2 Å². The molecule has 30 heavy (non-hydrogen) atoms. The quantitative estimate of drug-likeness (QED) is 0.596. The second-order valence-electron chi connectivity index (χ2n) is 6.44. The Morgan fingerprint density at radius 3 is 2.17 bits per heavy atom. The highest BCUT2D eigenvalue weighted by molar-refractivity contribution is 7.89. The van der Waals surface area contributed by atoms with E-state index in [0.717, 1.165) is 42.5 Å². The lowest BCUT2D eigenvalue weighted by Gasteiger charge is -2.19. The van der Waals surface area contributed by atoms with E-state index in [1.807, 2.05) is 0 Å². The van der Waals surface area contributed by atoms with Gasteiger partial charge in [-0.1, -0.05) is 30.3 Å². The minimum Gasteiger partial charge on any atom is -0.325 e. The fourth-order valence-corrected chi connectivity index (χ4v) is 3.91. The molecule has 3 aromatic rings. The minimum atomic E-state index is -4.16. The largest absolute Gasteiger partial charge is 0.325 e. The molecule has 1 atom stereocenters. The number of halogens is 3. The summed E-state index contributed by atoms with van der Waals surface area (Å²) in [5.74, 6) is -3.61. The number of benzene rings is 3. The first kappa shape index (κ1) is 21.5. The second-order valence-corrected chi connectivity index (χ2v) is 8.15. The summed E-state index contributed by atoms with van der Waals surface area (Å²) in [6.07, 6.45) is -0.00320. The number of hydrogen-bond acceptors (Lipinski definition) is 3. The van der Waals surface area contributed by atoms with Gasteiger partial charge >= 0.3 is 0 Å². The van der Waals surface area contributed by atoms with Crippen LogP contribution in [0, 0.1) is 17.5 Å². The van der Waals surface area contributed by atoms with Crippen molar-refractivity contribution in [2.75, 3.05) is 5.32 Å². The summed E-state index contributed by atoms with van der Waals surface area (Å²) in [5, 5.41) is 2.38. The van der Waals surface area contributed by atoms with Crippen molar-refractivity contribution in [2.24, 2.45) is 0 Å². The molecular formula is C21H17F3N2O3S. The van der Waals surface area contributed by atoms with Crippen LogP contribution in [0.4, 0.5) is 18.9 Å². The van der Waals surface area contributed by atoms with Gasteiger partial charge in [0.05, 0.1) is 4.90 Å². The summed E-state index contributed by atoms with van der Waals surface area (Å²) in [6.45, 7) is 0. The van der Waals surface area contributed by atoms with Gasteiger partial charge in [-0.2, -0.15) is 4.72 Å². The van der Waals surface area contributed by atoms with E-state index in [-0.39, 0.29) is 17.0 Å². The van der Waals surface area contributed by atoms with Crippen LogP contribution in [-0.4, -0.2) is 20.4 Å². The smallest absolute Gasteiger partial charge is 0.242 e. The third-order valence-corrected chi connectivity index (χ3v) is 5.70. The molecule has 0 aromatic heterocycles. The van der Waals surface area contributed by atoms with Crippen LogP contribution >= 0.6 is 0 Å². The summed E-state index contributed by atoms with van der Waals surface area (Å²) >= 11 is 0. The van der Waals surface area contributed by atoms with Gasteiger partial charge in [0.1, 0.15) is 11.9 Å². The predicted octanol–water partition coefficient (Wildman–Crippen LogP) is 3.63. The summed E-state index contributed by atoms with van der Waals surface area (Å²) < 4.78 is 67.3. The lowest BCUT2D eigenvalue weighted by Crippen LogP contribution is -2.45. The van der Waals surface area contributed by atoms with Gasteiger partial charge in [-0.25, -0.2) is 21.6 Å². The zero-order valence-corrected chi connectivity index (χ0v) is 16.3. The molecule has 0 aliphatic rings. The predicted molar refractivity (Wildman–Crippen MR) is 106 cm³/mol. The third-order valence-electron chi connectivity index (χ3n) is 4.21. The number of rotatable bonds is 7. The molecule has 3 rings (SSSR count). The maximum Gasteiger partial charge on any atom is 0.242 e. The Bertz CT molecular complexity index is 1140. The summed E-state index contributed by atoms with van der Waals surface area (Å²) in [4.78, 5) is 12.5. The van der Waals surface area contributed by atoms with Gasteiger partial charge in [-0.3, -0.25) is 4.79 Å². The maximum atomic E-state index is 13.4. The molecule has 0 unspecified atom stereocenters. The summed E-state index contributed by atoms with van der Waals surface area (Å²) in [7, 11) is -4.16. The Morgan fingerprint density at radius 2 is 1.53 bits per heavy atom. The fraction of sp³-hybridized carbons (Fsp3) is 0.0952. The van der Waals surface area contributed by atoms with Gasteiger partial charge in [0, 0.05) is 11.8 Å². The molecule has 0 aliphatic heterocycles. The van der Waals surface area contributed by atoms with Crippen LogP contribution in [0.3, 0.4) is 0 Å². The van der Waals surface area contributed by atoms with E-state index in [0.29, 0.717) is 5.56 Å². The molecular weight excluding hydrogens is 417 g/mol. The highest BCUT2D eigenvalue weighted by atomic mass is 32.2. The summed E-state index contributed by atoms with van der Waals surface area (Å²) in [5.41, 5.74) is 0.641. The standard InChI is InChI=1S/C21H17F3N2O3S/c22-15-6-9-17(10-7-15)30(28,29)26-20(12-14-4-2-1-3-5-14)21(27)25-16-8-11-18(23)19(24)13-16/h1-11,13,20,26H,12H2,(H,25,27)/t20-/m1/s1. The molecule has 2 N–H and O–H groups in total. The van der Waals surface area contributed by atoms with E-state index in [2.05, 4.69) is 10.0 Å². The molecule has 0 heterocycles. The second kappa shape index (κ2) is 9.10. The normalized spacial score (nSPS) is 12.4. The zero-order valence-electron chi connectivity index (χ0n) is 15.5. The van der Waals surface area contributed by atoms with Crippen molar-refractivity contribution in [3.63, 3.8) is 0 Å². The van der Waals surface area contributed by atoms with Gasteiger partial charge < -0.3 is 5.32 Å². The van der Waals surface area contributed by atoms with E-state index in [1.54, 1.807) is 30.3 Å². The van der Waals surface area contributed by atoms with Crippen molar-refractivity contribution in [3.8, 4) is 0 Å². The van der Waals surface area contributed by atoms with Crippen LogP contribution in [0.5, 0.6) is 0 Å². The van der Waals surface area contributed by atoms with Crippen molar-refractivity contribution in [1.82, 2.24) is 4.72 Å². The number of carbonyl (C=O) groups excluding carboxylic acids is 1. The highest BCUT2D eigenvalue weighted by Gasteiger charge is 2.26. The molecule has 0 saturated heterocycles. The first-order chi connectivity index (χ1) is 14.2. The summed E-state index contributed by atoms with van der Waals surface area (Å²) in [6, 6.07) is 14.3. The van der Waals surface area contributed by atoms with Crippen LogP contribution in [0.2, 0.25) is 0 Å². The van der Waals surface area contributed by atoms with Gasteiger partial charge in [0.25, 0.3) is 0 Å². The van der Waals surface area contributed by atoms with Crippen molar-refractivity contribution in [1.29, 1.82) is 0 Å². The van der Waals surface area contributed by atoms with E-state index in [4.69, 9.17) is 0 Å². The van der Waals surface area contributed by atoms with Gasteiger partial charge in [0.2, 0.25) is 15.9 Å². The fourth-order valence-electron chi connectivity index (χ4n) is 2.71. The Hall–Kier alpha value is -3.17. The molecule has 156 valence electrons. The van der Waals surface area contributed by atoms with E-state index in [9.17, 15) is 26.4 Å². The molecule has 1 amide bonds. The van der Waals surface area contributed by atoms with Gasteiger partial charge in [-0.05, 0) is 48.4 Å². The number of hydrogen-bond donors (Lipinski definition) is 2. The van der Waals surface area contributed by atoms with Crippen LogP contribution in [0.15, 0.2) is 77.7 Å². The van der Waals surface area contributed by atoms with Crippen LogP contribution in [0.25, 0.3) is 0 Å². The number of sulfonamides is 1. The lowest BCUT2D eigenvalue weighted by atomic mass is 10.1. The lowest BCUT2D eigenvalue weighted by molar-refractivity contribution is -0.117. The van der Waals surface area contributed by atoms with Gasteiger partial charge in [0.15, 0.2) is 11.6 Å². The monoisotopic (exact) mass is 434 g/mol. The average Bonchev–Trinajstić information content (AvgIpc) is 2.71. The average molecular weight is 434 g/mol. The Labute approximate surface area is 171 Å². The first-order valence-electron chi connectivity index (χ1n) is 8.82. The van der Waals surface area contributed by atoms with Crippen molar-refractivity contribution in [3.05, 3.63) is 95.8 Å². The highest BCUT2D eigenvalue weighted by Crippen LogP contribution is 2.16. The molecule has 0 saturated carbocycles. The molecule has 3 aromatic carbocycles. The zero-order chi connectivity index (χ0) is 21.7. The molecule has 9 heteroatoms. The molecule has 0 radical (unpaired) electrons. The molecule has 0 aliphatic carbocycles. The van der Waals surface area contributed by atoms with E-state index in [1.165, 1.54) is 0 Å². The molecule has 0 bridgehead atoms. The topological polar surface area (TPSA) is 75.3 Å². The Morgan fingerprint density at radius 1 is 0.867 bits per heavy atom. The SMILES string of the molecule is O=C(Nc1ccc(F)c(F)c1)[C@@H](Cc1ccccc1)NS(=O)(=O)c1ccc(F)cc1. The Balaban J connectivity index is 1.86. The number of carbonyl (C=O) groups is 1.